The van der Waals surface area contributed by atoms with Crippen molar-refractivity contribution < 1.29 is 13.3 Å². The number of nitrogens with zero attached hydrogens (tertiary/aromatic N) is 2. The van der Waals surface area contributed by atoms with Crippen LogP contribution in [-0.4, -0.2) is 38.8 Å². The molecule has 0 spiro atoms. The van der Waals surface area contributed by atoms with Crippen LogP contribution in [0.5, 0.6) is 0 Å². The molecule has 1 aliphatic heterocycles. The van der Waals surface area contributed by atoms with Gasteiger partial charge < -0.3 is 0 Å². The summed E-state index contributed by atoms with van der Waals surface area (Å²) < 4.78 is 21.9. The second kappa shape index (κ2) is 6.88. The minimum Gasteiger partial charge on any atom is -0.272 e. The molecule has 106 valence electrons. The maximum Gasteiger partial charge on any atom is 0.147 e. The van der Waals surface area contributed by atoms with E-state index in [1.54, 1.807) is 5.06 Å². The summed E-state index contributed by atoms with van der Waals surface area (Å²) in [4.78, 5) is 9.81. The fourth-order valence-electron chi connectivity index (χ4n) is 1.66. The van der Waals surface area contributed by atoms with Crippen LogP contribution in [0.4, 0.5) is 0 Å². The summed E-state index contributed by atoms with van der Waals surface area (Å²) >= 11 is 0. The summed E-state index contributed by atoms with van der Waals surface area (Å²) in [6.45, 7) is 0.817. The zero-order valence-electron chi connectivity index (χ0n) is 10.7. The number of rotatable bonds is 5. The third kappa shape index (κ3) is 5.18. The van der Waals surface area contributed by atoms with E-state index in [1.807, 2.05) is 30.5 Å². The van der Waals surface area contributed by atoms with Crippen molar-refractivity contribution in [1.29, 1.82) is 0 Å². The fourth-order valence-corrected chi connectivity index (χ4v) is 2.31. The molecule has 1 aromatic carbocycles. The van der Waals surface area contributed by atoms with Gasteiger partial charge in [0.15, 0.2) is 0 Å². The minimum atomic E-state index is -2.91. The van der Waals surface area contributed by atoms with Crippen molar-refractivity contribution in [3.8, 4) is 0 Å². The number of hydrogen-bond acceptors (Lipinski definition) is 5. The predicted molar refractivity (Wildman–Crippen MR) is 75.9 cm³/mol. The van der Waals surface area contributed by atoms with Gasteiger partial charge in [-0.25, -0.2) is 13.5 Å². The first kappa shape index (κ1) is 15.9. The third-order valence-electron chi connectivity index (χ3n) is 2.52. The van der Waals surface area contributed by atoms with Gasteiger partial charge in [0.05, 0.1) is 17.7 Å². The summed E-state index contributed by atoms with van der Waals surface area (Å²) in [6, 6.07) is 7.80. The molecule has 0 amide bonds. The topological polar surface area (TPSA) is 59.0 Å². The van der Waals surface area contributed by atoms with E-state index in [9.17, 15) is 8.42 Å². The first-order chi connectivity index (χ1) is 8.54. The van der Waals surface area contributed by atoms with Crippen LogP contribution >= 0.6 is 12.4 Å². The average Bonchev–Trinajstić information content (AvgIpc) is 2.33. The lowest BCUT2D eigenvalue weighted by molar-refractivity contribution is -0.103. The van der Waals surface area contributed by atoms with E-state index in [0.29, 0.717) is 19.7 Å². The average molecular weight is 305 g/mol. The number of halogens is 1. The second-order valence-corrected chi connectivity index (χ2v) is 6.48. The molecule has 1 aliphatic rings. The van der Waals surface area contributed by atoms with Crippen molar-refractivity contribution in [1.82, 2.24) is 5.06 Å². The van der Waals surface area contributed by atoms with Gasteiger partial charge in [-0.2, -0.15) is 0 Å². The number of hydroxylamine groups is 2. The fraction of sp³-hybridized carbons (Fsp3) is 0.417. The number of para-hydroxylation sites is 1. The molecule has 0 radical (unpaired) electrons. The summed E-state index contributed by atoms with van der Waals surface area (Å²) in [5, 5.41) is 3.59. The highest BCUT2D eigenvalue weighted by Crippen LogP contribution is 1.97. The maximum absolute atomic E-state index is 11.0. The van der Waals surface area contributed by atoms with Gasteiger partial charge in [-0.3, -0.25) is 9.83 Å². The molecule has 1 heterocycles. The summed E-state index contributed by atoms with van der Waals surface area (Å²) in [6.07, 6.45) is 3.60. The van der Waals surface area contributed by atoms with Gasteiger partial charge in [-0.15, -0.1) is 12.4 Å². The zero-order valence-corrected chi connectivity index (χ0v) is 12.3. The maximum atomic E-state index is 11.0. The number of sulfone groups is 1. The van der Waals surface area contributed by atoms with Gasteiger partial charge in [-0.05, 0) is 12.5 Å². The quantitative estimate of drug-likeness (QED) is 0.724. The minimum absolute atomic E-state index is 0. The molecule has 19 heavy (non-hydrogen) atoms. The number of hydrogen-bond donors (Lipinski definition) is 0. The molecule has 5 nitrogen and oxygen atoms in total. The van der Waals surface area contributed by atoms with Gasteiger partial charge in [0, 0.05) is 17.7 Å². The lowest BCUT2D eigenvalue weighted by Gasteiger charge is -2.19. The van der Waals surface area contributed by atoms with Crippen molar-refractivity contribution >= 4 is 28.4 Å². The van der Waals surface area contributed by atoms with Crippen LogP contribution in [0, 0.1) is 0 Å². The third-order valence-corrected chi connectivity index (χ3v) is 3.55. The smallest absolute Gasteiger partial charge is 0.147 e. The van der Waals surface area contributed by atoms with Crippen LogP contribution in [0.15, 0.2) is 29.3 Å². The molecule has 0 saturated heterocycles. The molecular formula is C12H17ClN2O3S. The molecule has 2 rings (SSSR count). The van der Waals surface area contributed by atoms with Crippen LogP contribution in [0.1, 0.15) is 6.42 Å². The van der Waals surface area contributed by atoms with E-state index in [1.165, 1.54) is 6.26 Å². The lowest BCUT2D eigenvalue weighted by atomic mass is 10.3. The van der Waals surface area contributed by atoms with Crippen molar-refractivity contribution in [2.75, 3.05) is 25.3 Å². The van der Waals surface area contributed by atoms with Crippen molar-refractivity contribution in [2.45, 2.75) is 6.42 Å². The molecule has 7 heteroatoms. The molecule has 1 aromatic rings. The van der Waals surface area contributed by atoms with Gasteiger partial charge in [0.1, 0.15) is 16.5 Å². The highest BCUT2D eigenvalue weighted by Gasteiger charge is 2.05. The monoisotopic (exact) mass is 304 g/mol. The molecule has 0 unspecified atom stereocenters. The van der Waals surface area contributed by atoms with E-state index in [0.717, 1.165) is 10.6 Å². The van der Waals surface area contributed by atoms with Crippen LogP contribution in [0.3, 0.4) is 0 Å². The Bertz CT molecular complexity index is 631. The highest BCUT2D eigenvalue weighted by atomic mass is 35.5. The summed E-state index contributed by atoms with van der Waals surface area (Å²) in [5.74, 6) is 0.147. The molecule has 0 atom stereocenters. The van der Waals surface area contributed by atoms with Gasteiger partial charge >= 0.3 is 0 Å². The molecule has 0 aliphatic carbocycles. The number of fused-ring (bicyclic) bond motifs is 1. The van der Waals surface area contributed by atoms with Gasteiger partial charge in [-0.1, -0.05) is 18.2 Å². The van der Waals surface area contributed by atoms with E-state index in [-0.39, 0.29) is 18.2 Å². The number of benzene rings is 1. The van der Waals surface area contributed by atoms with E-state index in [4.69, 9.17) is 4.84 Å². The summed E-state index contributed by atoms with van der Waals surface area (Å²) in [5.41, 5.74) is 0. The zero-order chi connectivity index (χ0) is 13.0. The van der Waals surface area contributed by atoms with Crippen LogP contribution in [0.25, 0.3) is 6.20 Å². The molecule has 0 saturated carbocycles. The van der Waals surface area contributed by atoms with E-state index < -0.39 is 9.84 Å². The molecule has 0 N–H and O–H groups in total. The Kier molecular flexibility index (Phi) is 5.78. The largest absolute Gasteiger partial charge is 0.272 e. The summed E-state index contributed by atoms with van der Waals surface area (Å²) in [7, 11) is -2.91. The molecule has 0 fully saturated rings. The van der Waals surface area contributed by atoms with Crippen LogP contribution in [0.2, 0.25) is 0 Å². The van der Waals surface area contributed by atoms with Crippen molar-refractivity contribution in [3.63, 3.8) is 0 Å². The van der Waals surface area contributed by atoms with E-state index in [2.05, 4.69) is 4.99 Å². The van der Waals surface area contributed by atoms with Crippen LogP contribution in [-0.2, 0) is 14.7 Å². The van der Waals surface area contributed by atoms with Gasteiger partial charge in [0.25, 0.3) is 0 Å². The Morgan fingerprint density at radius 2 is 2.11 bits per heavy atom. The first-order valence-corrected chi connectivity index (χ1v) is 7.79. The Morgan fingerprint density at radius 1 is 1.37 bits per heavy atom. The standard InChI is InChI=1S/C12H16N2O3S.ClH/c1-18(15,16)8-4-7-17-14-9-11-5-2-3-6-12(11)13-10-14;/h2-3,5-6,9H,4,7-8,10H2,1H3;1H. The van der Waals surface area contributed by atoms with Crippen molar-refractivity contribution in [2.24, 2.45) is 4.99 Å². The Labute approximate surface area is 118 Å². The SMILES string of the molecule is CS(=O)(=O)CCCON1C=c2ccccc2=NC1.Cl. The molecular weight excluding hydrogens is 288 g/mol. The first-order valence-electron chi connectivity index (χ1n) is 5.73. The Morgan fingerprint density at radius 3 is 2.84 bits per heavy atom. The lowest BCUT2D eigenvalue weighted by Crippen LogP contribution is -2.35. The Hall–Kier alpha value is -1.11. The predicted octanol–water partition coefficient (Wildman–Crippen LogP) is 0.105. The van der Waals surface area contributed by atoms with Crippen molar-refractivity contribution in [3.05, 3.63) is 34.8 Å². The normalized spacial score (nSPS) is 13.8. The molecule has 0 bridgehead atoms. The van der Waals surface area contributed by atoms with Gasteiger partial charge in [0.2, 0.25) is 0 Å². The van der Waals surface area contributed by atoms with Crippen LogP contribution < -0.4 is 10.6 Å². The van der Waals surface area contributed by atoms with E-state index >= 15 is 0 Å². The molecule has 0 aromatic heterocycles. The second-order valence-electron chi connectivity index (χ2n) is 4.22. The highest BCUT2D eigenvalue weighted by molar-refractivity contribution is 7.90. The Balaban J connectivity index is 0.00000180.